The summed E-state index contributed by atoms with van der Waals surface area (Å²) in [4.78, 5) is 11.4. The molecule has 0 fully saturated rings. The van der Waals surface area contributed by atoms with E-state index in [2.05, 4.69) is 25.9 Å². The van der Waals surface area contributed by atoms with Gasteiger partial charge in [0.1, 0.15) is 0 Å². The van der Waals surface area contributed by atoms with Crippen LogP contribution >= 0.6 is 0 Å². The first-order chi connectivity index (χ1) is 7.25. The van der Waals surface area contributed by atoms with Gasteiger partial charge in [0.15, 0.2) is 0 Å². The Morgan fingerprint density at radius 3 is 2.67 bits per heavy atom. The third-order valence-corrected chi connectivity index (χ3v) is 1.72. The molecule has 1 aromatic heterocycles. The van der Waals surface area contributed by atoms with Crippen molar-refractivity contribution in [1.29, 1.82) is 0 Å². The van der Waals surface area contributed by atoms with Crippen LogP contribution in [-0.4, -0.2) is 26.5 Å². The number of anilines is 2. The van der Waals surface area contributed by atoms with Crippen LogP contribution in [0.5, 0.6) is 0 Å². The average Bonchev–Trinajstić information content (AvgIpc) is 2.74. The molecule has 0 bridgehead atoms. The van der Waals surface area contributed by atoms with Crippen molar-refractivity contribution in [1.82, 2.24) is 20.6 Å². The van der Waals surface area contributed by atoms with E-state index in [4.69, 9.17) is 5.73 Å². The van der Waals surface area contributed by atoms with Gasteiger partial charge < -0.3 is 11.1 Å². The zero-order valence-corrected chi connectivity index (χ0v) is 7.64. The SMILES string of the molecule is Nc1ccc(NC(=O)c2nn[nH]n2)cc1. The minimum atomic E-state index is -0.423. The molecule has 7 nitrogen and oxygen atoms in total. The maximum absolute atomic E-state index is 11.4. The summed E-state index contributed by atoms with van der Waals surface area (Å²) in [5, 5.41) is 15.2. The van der Waals surface area contributed by atoms with Crippen molar-refractivity contribution in [3.8, 4) is 0 Å². The number of carbonyl (C=O) groups is 1. The molecule has 1 aromatic carbocycles. The monoisotopic (exact) mass is 204 g/mol. The van der Waals surface area contributed by atoms with E-state index in [0.717, 1.165) is 0 Å². The van der Waals surface area contributed by atoms with E-state index in [9.17, 15) is 4.79 Å². The Kier molecular flexibility index (Phi) is 2.28. The topological polar surface area (TPSA) is 110 Å². The Balaban J connectivity index is 2.09. The van der Waals surface area contributed by atoms with Gasteiger partial charge in [-0.25, -0.2) is 0 Å². The number of hydrogen-bond acceptors (Lipinski definition) is 5. The van der Waals surface area contributed by atoms with Crippen molar-refractivity contribution >= 4 is 17.3 Å². The number of nitrogen functional groups attached to an aromatic ring is 1. The van der Waals surface area contributed by atoms with E-state index >= 15 is 0 Å². The molecule has 0 unspecified atom stereocenters. The van der Waals surface area contributed by atoms with Crippen molar-refractivity contribution in [2.24, 2.45) is 0 Å². The second-order valence-corrected chi connectivity index (χ2v) is 2.81. The minimum Gasteiger partial charge on any atom is -0.399 e. The number of amides is 1. The maximum Gasteiger partial charge on any atom is 0.297 e. The van der Waals surface area contributed by atoms with Crippen molar-refractivity contribution in [3.63, 3.8) is 0 Å². The van der Waals surface area contributed by atoms with Gasteiger partial charge in [-0.3, -0.25) is 4.79 Å². The molecule has 0 saturated heterocycles. The Labute approximate surface area is 84.7 Å². The number of nitrogens with one attached hydrogen (secondary N) is 2. The van der Waals surface area contributed by atoms with Crippen LogP contribution < -0.4 is 11.1 Å². The van der Waals surface area contributed by atoms with Crippen LogP contribution in [0.1, 0.15) is 10.6 Å². The molecule has 0 aliphatic rings. The molecule has 4 N–H and O–H groups in total. The number of H-pyrrole nitrogens is 1. The fourth-order valence-electron chi connectivity index (χ4n) is 1.01. The summed E-state index contributed by atoms with van der Waals surface area (Å²) < 4.78 is 0. The van der Waals surface area contributed by atoms with Gasteiger partial charge in [-0.15, -0.1) is 10.2 Å². The molecule has 0 radical (unpaired) electrons. The minimum absolute atomic E-state index is 0.00757. The first-order valence-corrected chi connectivity index (χ1v) is 4.16. The lowest BCUT2D eigenvalue weighted by atomic mass is 10.3. The number of tetrazole rings is 1. The van der Waals surface area contributed by atoms with Crippen LogP contribution in [0.15, 0.2) is 24.3 Å². The number of benzene rings is 1. The predicted molar refractivity (Wildman–Crippen MR) is 53.0 cm³/mol. The number of rotatable bonds is 2. The largest absolute Gasteiger partial charge is 0.399 e. The Morgan fingerprint density at radius 1 is 1.33 bits per heavy atom. The number of hydrogen-bond donors (Lipinski definition) is 3. The van der Waals surface area contributed by atoms with Gasteiger partial charge in [0, 0.05) is 11.4 Å². The van der Waals surface area contributed by atoms with E-state index in [1.165, 1.54) is 0 Å². The summed E-state index contributed by atoms with van der Waals surface area (Å²) >= 11 is 0. The van der Waals surface area contributed by atoms with E-state index in [-0.39, 0.29) is 5.82 Å². The highest BCUT2D eigenvalue weighted by atomic mass is 16.2. The lowest BCUT2D eigenvalue weighted by Crippen LogP contribution is -2.13. The predicted octanol–water partition coefficient (Wildman–Crippen LogP) is 0.0342. The smallest absolute Gasteiger partial charge is 0.297 e. The number of nitrogens with zero attached hydrogens (tertiary/aromatic N) is 3. The van der Waals surface area contributed by atoms with Gasteiger partial charge >= 0.3 is 0 Å². The molecule has 1 amide bonds. The zero-order valence-electron chi connectivity index (χ0n) is 7.64. The van der Waals surface area contributed by atoms with Gasteiger partial charge in [0.25, 0.3) is 11.7 Å². The average molecular weight is 204 g/mol. The molecular weight excluding hydrogens is 196 g/mol. The lowest BCUT2D eigenvalue weighted by Gasteiger charge is -2.01. The van der Waals surface area contributed by atoms with Gasteiger partial charge in [-0.05, 0) is 29.5 Å². The standard InChI is InChI=1S/C8H8N6O/c9-5-1-3-6(4-2-5)10-8(15)7-11-13-14-12-7/h1-4H,9H2,(H,10,15)(H,11,12,13,14). The molecule has 1 heterocycles. The summed E-state index contributed by atoms with van der Waals surface area (Å²) in [5.74, 6) is -0.430. The summed E-state index contributed by atoms with van der Waals surface area (Å²) in [6.07, 6.45) is 0. The second-order valence-electron chi connectivity index (χ2n) is 2.81. The van der Waals surface area contributed by atoms with Crippen LogP contribution in [0.25, 0.3) is 0 Å². The van der Waals surface area contributed by atoms with Crippen LogP contribution in [0.2, 0.25) is 0 Å². The maximum atomic E-state index is 11.4. The molecule has 0 aliphatic carbocycles. The molecule has 2 aromatic rings. The van der Waals surface area contributed by atoms with Crippen LogP contribution in [0, 0.1) is 0 Å². The number of carbonyl (C=O) groups excluding carboxylic acids is 1. The molecule has 0 aliphatic heterocycles. The number of aromatic amines is 1. The lowest BCUT2D eigenvalue weighted by molar-refractivity contribution is 0.101. The molecular formula is C8H8N6O. The van der Waals surface area contributed by atoms with Crippen LogP contribution in [-0.2, 0) is 0 Å². The van der Waals surface area contributed by atoms with Crippen molar-refractivity contribution in [2.45, 2.75) is 0 Å². The molecule has 15 heavy (non-hydrogen) atoms. The summed E-state index contributed by atoms with van der Waals surface area (Å²) in [6.45, 7) is 0. The highest BCUT2D eigenvalue weighted by molar-refractivity contribution is 6.01. The molecule has 7 heteroatoms. The normalized spacial score (nSPS) is 9.87. The van der Waals surface area contributed by atoms with Crippen LogP contribution in [0.4, 0.5) is 11.4 Å². The van der Waals surface area contributed by atoms with Crippen molar-refractivity contribution in [2.75, 3.05) is 11.1 Å². The molecule has 76 valence electrons. The van der Waals surface area contributed by atoms with E-state index < -0.39 is 5.91 Å². The Bertz CT molecular complexity index is 448. The van der Waals surface area contributed by atoms with Gasteiger partial charge in [0.2, 0.25) is 0 Å². The molecule has 0 atom stereocenters. The summed E-state index contributed by atoms with van der Waals surface area (Å²) in [5.41, 5.74) is 6.76. The van der Waals surface area contributed by atoms with Crippen LogP contribution in [0.3, 0.4) is 0 Å². The van der Waals surface area contributed by atoms with E-state index in [1.54, 1.807) is 24.3 Å². The fraction of sp³-hybridized carbons (Fsp3) is 0. The molecule has 0 saturated carbocycles. The first-order valence-electron chi connectivity index (χ1n) is 4.16. The second kappa shape index (κ2) is 3.74. The van der Waals surface area contributed by atoms with Crippen molar-refractivity contribution in [3.05, 3.63) is 30.1 Å². The number of nitrogens with two attached hydrogens (primary N) is 1. The third kappa shape index (κ3) is 2.08. The fourth-order valence-corrected chi connectivity index (χ4v) is 1.01. The van der Waals surface area contributed by atoms with E-state index in [0.29, 0.717) is 11.4 Å². The third-order valence-electron chi connectivity index (χ3n) is 1.72. The highest BCUT2D eigenvalue weighted by Gasteiger charge is 2.10. The number of aromatic nitrogens is 4. The summed E-state index contributed by atoms with van der Waals surface area (Å²) in [7, 11) is 0. The highest BCUT2D eigenvalue weighted by Crippen LogP contribution is 2.10. The van der Waals surface area contributed by atoms with Gasteiger partial charge in [0.05, 0.1) is 0 Å². The summed E-state index contributed by atoms with van der Waals surface area (Å²) in [6, 6.07) is 6.75. The van der Waals surface area contributed by atoms with Crippen molar-refractivity contribution < 1.29 is 4.79 Å². The van der Waals surface area contributed by atoms with E-state index in [1.807, 2.05) is 0 Å². The van der Waals surface area contributed by atoms with Gasteiger partial charge in [-0.1, -0.05) is 0 Å². The Hall–Kier alpha value is -2.44. The zero-order chi connectivity index (χ0) is 10.7. The molecule has 2 rings (SSSR count). The van der Waals surface area contributed by atoms with Gasteiger partial charge in [-0.2, -0.15) is 5.21 Å². The first kappa shape index (κ1) is 9.13. The quantitative estimate of drug-likeness (QED) is 0.598. The molecule has 0 spiro atoms. The Morgan fingerprint density at radius 2 is 2.07 bits per heavy atom.